The Balaban J connectivity index is 2.09. The van der Waals surface area contributed by atoms with Gasteiger partial charge >= 0.3 is 0 Å². The fourth-order valence-electron chi connectivity index (χ4n) is 1.77. The number of halogens is 1. The van der Waals surface area contributed by atoms with Crippen LogP contribution in [0, 0.1) is 5.92 Å². The minimum atomic E-state index is 0.643. The van der Waals surface area contributed by atoms with Crippen LogP contribution in [-0.2, 0) is 6.42 Å². The van der Waals surface area contributed by atoms with Gasteiger partial charge in [-0.25, -0.2) is 0 Å². The van der Waals surface area contributed by atoms with Crippen LogP contribution >= 0.6 is 15.9 Å². The Morgan fingerprint density at radius 2 is 2.00 bits per heavy atom. The lowest BCUT2D eigenvalue weighted by Crippen LogP contribution is -2.00. The largest absolute Gasteiger partial charge is 0.0803 e. The lowest BCUT2D eigenvalue weighted by molar-refractivity contribution is 0.718. The zero-order valence-electron chi connectivity index (χ0n) is 8.91. The number of hydrogen-bond acceptors (Lipinski definition) is 0. The number of allylic oxidation sites excluding steroid dienone is 4. The third-order valence-corrected chi connectivity index (χ3v) is 3.79. The third-order valence-electron chi connectivity index (χ3n) is 2.78. The Labute approximate surface area is 99.8 Å². The van der Waals surface area contributed by atoms with Gasteiger partial charge in [0.15, 0.2) is 0 Å². The van der Waals surface area contributed by atoms with E-state index >= 15 is 0 Å². The van der Waals surface area contributed by atoms with Gasteiger partial charge in [0.2, 0.25) is 0 Å². The average Bonchev–Trinajstić information content (AvgIpc) is 2.25. The van der Waals surface area contributed by atoms with Crippen molar-refractivity contribution in [2.45, 2.75) is 19.8 Å². The summed E-state index contributed by atoms with van der Waals surface area (Å²) in [5, 5.41) is 0. The van der Waals surface area contributed by atoms with Crippen LogP contribution in [0.15, 0.2) is 52.5 Å². The molecule has 1 heteroatoms. The van der Waals surface area contributed by atoms with Crippen LogP contribution in [0.4, 0.5) is 0 Å². The van der Waals surface area contributed by atoms with Crippen LogP contribution in [0.1, 0.15) is 18.9 Å². The highest BCUT2D eigenvalue weighted by Crippen LogP contribution is 2.29. The average molecular weight is 263 g/mol. The van der Waals surface area contributed by atoms with Gasteiger partial charge in [-0.3, -0.25) is 0 Å². The normalized spacial score (nSPS) is 20.8. The summed E-state index contributed by atoms with van der Waals surface area (Å²) in [6, 6.07) is 10.6. The van der Waals surface area contributed by atoms with Crippen molar-refractivity contribution < 1.29 is 0 Å². The van der Waals surface area contributed by atoms with Crippen LogP contribution in [0.5, 0.6) is 0 Å². The molecule has 1 aliphatic carbocycles. The second kappa shape index (κ2) is 4.80. The van der Waals surface area contributed by atoms with Crippen molar-refractivity contribution in [2.24, 2.45) is 5.92 Å². The summed E-state index contributed by atoms with van der Waals surface area (Å²) in [5.74, 6) is 0.643. The summed E-state index contributed by atoms with van der Waals surface area (Å²) in [6.45, 7) is 2.25. The zero-order chi connectivity index (χ0) is 10.7. The Kier molecular flexibility index (Phi) is 3.42. The van der Waals surface area contributed by atoms with E-state index in [-0.39, 0.29) is 0 Å². The summed E-state index contributed by atoms with van der Waals surface area (Å²) in [7, 11) is 0. The van der Waals surface area contributed by atoms with Gasteiger partial charge < -0.3 is 0 Å². The molecule has 0 aliphatic heterocycles. The quantitative estimate of drug-likeness (QED) is 0.738. The molecule has 0 amide bonds. The Hall–Kier alpha value is -0.820. The first-order valence-electron chi connectivity index (χ1n) is 5.36. The molecule has 2 rings (SSSR count). The minimum absolute atomic E-state index is 0.643. The molecule has 1 aromatic rings. The standard InChI is InChI=1S/C14H15Br/c1-11-7-8-13(10-14(11)15)9-12-5-3-2-4-6-12/h2-6,8,10-11H,7,9H2,1H3. The van der Waals surface area contributed by atoms with Crippen molar-refractivity contribution in [2.75, 3.05) is 0 Å². The number of benzene rings is 1. The SMILES string of the molecule is CC1CC=C(Cc2ccccc2)C=C1Br. The highest BCUT2D eigenvalue weighted by atomic mass is 79.9. The third kappa shape index (κ3) is 2.82. The molecule has 0 saturated heterocycles. The summed E-state index contributed by atoms with van der Waals surface area (Å²) in [5.41, 5.74) is 2.81. The van der Waals surface area contributed by atoms with Crippen molar-refractivity contribution in [1.29, 1.82) is 0 Å². The van der Waals surface area contributed by atoms with Crippen molar-refractivity contribution in [3.63, 3.8) is 0 Å². The van der Waals surface area contributed by atoms with E-state index in [1.54, 1.807) is 0 Å². The van der Waals surface area contributed by atoms with Crippen LogP contribution in [-0.4, -0.2) is 0 Å². The van der Waals surface area contributed by atoms with E-state index in [1.807, 2.05) is 0 Å². The molecular formula is C14H15Br. The second-order valence-electron chi connectivity index (χ2n) is 4.11. The molecule has 0 fully saturated rings. The van der Waals surface area contributed by atoms with Gasteiger partial charge in [-0.2, -0.15) is 0 Å². The van der Waals surface area contributed by atoms with E-state index in [2.05, 4.69) is 65.3 Å². The van der Waals surface area contributed by atoms with Gasteiger partial charge in [-0.15, -0.1) is 0 Å². The number of hydrogen-bond donors (Lipinski definition) is 0. The second-order valence-corrected chi connectivity index (χ2v) is 5.02. The summed E-state index contributed by atoms with van der Waals surface area (Å²) < 4.78 is 1.33. The monoisotopic (exact) mass is 262 g/mol. The summed E-state index contributed by atoms with van der Waals surface area (Å²) >= 11 is 3.63. The molecule has 0 bridgehead atoms. The molecule has 0 nitrogen and oxygen atoms in total. The van der Waals surface area contributed by atoms with Gasteiger partial charge in [0.05, 0.1) is 0 Å². The van der Waals surface area contributed by atoms with Crippen molar-refractivity contribution in [3.8, 4) is 0 Å². The summed E-state index contributed by atoms with van der Waals surface area (Å²) in [4.78, 5) is 0. The molecule has 1 aliphatic rings. The first kappa shape index (κ1) is 10.7. The molecule has 0 N–H and O–H groups in total. The van der Waals surface area contributed by atoms with Crippen LogP contribution in [0.25, 0.3) is 0 Å². The van der Waals surface area contributed by atoms with Gasteiger partial charge in [-0.05, 0) is 40.5 Å². The van der Waals surface area contributed by atoms with E-state index in [9.17, 15) is 0 Å². The minimum Gasteiger partial charge on any atom is -0.0803 e. The predicted molar refractivity (Wildman–Crippen MR) is 69.0 cm³/mol. The van der Waals surface area contributed by atoms with Gasteiger partial charge in [0.1, 0.15) is 0 Å². The lowest BCUT2D eigenvalue weighted by atomic mass is 9.94. The van der Waals surface area contributed by atoms with E-state index in [1.165, 1.54) is 15.6 Å². The fourth-order valence-corrected chi connectivity index (χ4v) is 2.25. The van der Waals surface area contributed by atoms with E-state index in [0.29, 0.717) is 5.92 Å². The molecule has 0 saturated carbocycles. The van der Waals surface area contributed by atoms with Gasteiger partial charge in [-0.1, -0.05) is 59.3 Å². The van der Waals surface area contributed by atoms with Crippen molar-refractivity contribution >= 4 is 15.9 Å². The van der Waals surface area contributed by atoms with E-state index in [0.717, 1.165) is 12.8 Å². The molecule has 0 heterocycles. The molecule has 78 valence electrons. The van der Waals surface area contributed by atoms with Gasteiger partial charge in [0.25, 0.3) is 0 Å². The van der Waals surface area contributed by atoms with E-state index < -0.39 is 0 Å². The Morgan fingerprint density at radius 3 is 2.67 bits per heavy atom. The van der Waals surface area contributed by atoms with Crippen LogP contribution in [0.3, 0.4) is 0 Å². The first-order valence-corrected chi connectivity index (χ1v) is 6.15. The van der Waals surface area contributed by atoms with Gasteiger partial charge in [0, 0.05) is 0 Å². The molecular weight excluding hydrogens is 248 g/mol. The number of rotatable bonds is 2. The van der Waals surface area contributed by atoms with Crippen LogP contribution in [0.2, 0.25) is 0 Å². The van der Waals surface area contributed by atoms with E-state index in [4.69, 9.17) is 0 Å². The Morgan fingerprint density at radius 1 is 1.27 bits per heavy atom. The molecule has 15 heavy (non-hydrogen) atoms. The summed E-state index contributed by atoms with van der Waals surface area (Å²) in [6.07, 6.45) is 6.81. The van der Waals surface area contributed by atoms with Crippen LogP contribution < -0.4 is 0 Å². The molecule has 0 spiro atoms. The maximum Gasteiger partial charge on any atom is -0.00153 e. The highest BCUT2D eigenvalue weighted by Gasteiger charge is 2.10. The lowest BCUT2D eigenvalue weighted by Gasteiger charge is -2.15. The topological polar surface area (TPSA) is 0 Å². The Bertz CT molecular complexity index is 387. The zero-order valence-corrected chi connectivity index (χ0v) is 10.5. The molecule has 1 atom stereocenters. The molecule has 0 aromatic heterocycles. The predicted octanol–water partition coefficient (Wildman–Crippen LogP) is 4.47. The molecule has 0 radical (unpaired) electrons. The maximum atomic E-state index is 3.63. The highest BCUT2D eigenvalue weighted by molar-refractivity contribution is 9.11. The molecule has 1 unspecified atom stereocenters. The smallest absolute Gasteiger partial charge is 0.00153 e. The van der Waals surface area contributed by atoms with Crippen molar-refractivity contribution in [3.05, 3.63) is 58.1 Å². The molecule has 1 aromatic carbocycles. The first-order chi connectivity index (χ1) is 7.25. The fraction of sp³-hybridized carbons (Fsp3) is 0.286. The van der Waals surface area contributed by atoms with Crippen molar-refractivity contribution in [1.82, 2.24) is 0 Å². The maximum absolute atomic E-state index is 3.63.